The van der Waals surface area contributed by atoms with Crippen molar-refractivity contribution in [1.82, 2.24) is 4.98 Å². The fourth-order valence-corrected chi connectivity index (χ4v) is 2.02. The summed E-state index contributed by atoms with van der Waals surface area (Å²) in [4.78, 5) is 14.6. The highest BCUT2D eigenvalue weighted by Crippen LogP contribution is 2.23. The molecule has 0 spiro atoms. The zero-order valence-electron chi connectivity index (χ0n) is 13.7. The first-order valence-electron chi connectivity index (χ1n) is 7.29. The minimum absolute atomic E-state index is 0.0972. The standard InChI is InChI=1S/C17H20N4O2/c1-12-5-10-15(21(22)23)16(19-12)20-18-11-13-6-8-14(9-7-13)17(2,3)4/h5-11H,1-4H3,(H,19,20)/b18-11-. The third-order valence-electron chi connectivity index (χ3n) is 3.37. The Labute approximate surface area is 135 Å². The van der Waals surface area contributed by atoms with Crippen LogP contribution in [0.2, 0.25) is 0 Å². The van der Waals surface area contributed by atoms with Crippen LogP contribution in [0.4, 0.5) is 11.5 Å². The van der Waals surface area contributed by atoms with Crippen LogP contribution in [0.3, 0.4) is 0 Å². The first kappa shape index (κ1) is 16.6. The van der Waals surface area contributed by atoms with Crippen molar-refractivity contribution in [2.24, 2.45) is 5.10 Å². The molecule has 1 N–H and O–H groups in total. The molecule has 0 aliphatic carbocycles. The number of hydrogen-bond donors (Lipinski definition) is 1. The van der Waals surface area contributed by atoms with Crippen molar-refractivity contribution >= 4 is 17.7 Å². The van der Waals surface area contributed by atoms with Gasteiger partial charge in [-0.3, -0.25) is 15.5 Å². The fraction of sp³-hybridized carbons (Fsp3) is 0.294. The second-order valence-corrected chi connectivity index (χ2v) is 6.32. The SMILES string of the molecule is Cc1ccc([N+](=O)[O-])c(N/N=C\c2ccc(C(C)(C)C)cc2)n1. The lowest BCUT2D eigenvalue weighted by Crippen LogP contribution is -2.10. The zero-order valence-corrected chi connectivity index (χ0v) is 13.7. The smallest absolute Gasteiger partial charge is 0.258 e. The average molecular weight is 312 g/mol. The average Bonchev–Trinajstić information content (AvgIpc) is 2.46. The molecule has 23 heavy (non-hydrogen) atoms. The maximum Gasteiger partial charge on any atom is 0.313 e. The molecule has 0 amide bonds. The van der Waals surface area contributed by atoms with Gasteiger partial charge in [-0.15, -0.1) is 0 Å². The van der Waals surface area contributed by atoms with Gasteiger partial charge in [0.05, 0.1) is 11.1 Å². The van der Waals surface area contributed by atoms with E-state index in [0.717, 1.165) is 5.56 Å². The Morgan fingerprint density at radius 2 is 1.83 bits per heavy atom. The summed E-state index contributed by atoms with van der Waals surface area (Å²) in [6.07, 6.45) is 1.61. The van der Waals surface area contributed by atoms with Gasteiger partial charge in [-0.1, -0.05) is 45.0 Å². The lowest BCUT2D eigenvalue weighted by atomic mass is 9.87. The summed E-state index contributed by atoms with van der Waals surface area (Å²) < 4.78 is 0. The van der Waals surface area contributed by atoms with E-state index in [1.54, 1.807) is 19.2 Å². The molecule has 1 heterocycles. The first-order chi connectivity index (χ1) is 10.8. The summed E-state index contributed by atoms with van der Waals surface area (Å²) in [6.45, 7) is 8.23. The molecule has 0 fully saturated rings. The second-order valence-electron chi connectivity index (χ2n) is 6.32. The Bertz CT molecular complexity index is 731. The number of benzene rings is 1. The van der Waals surface area contributed by atoms with Crippen molar-refractivity contribution in [1.29, 1.82) is 0 Å². The van der Waals surface area contributed by atoms with E-state index in [1.165, 1.54) is 11.6 Å². The number of hydrogen-bond acceptors (Lipinski definition) is 5. The van der Waals surface area contributed by atoms with Crippen LogP contribution in [0.15, 0.2) is 41.5 Å². The summed E-state index contributed by atoms with van der Waals surface area (Å²) >= 11 is 0. The third-order valence-corrected chi connectivity index (χ3v) is 3.37. The van der Waals surface area contributed by atoms with Crippen molar-refractivity contribution < 1.29 is 4.92 Å². The Morgan fingerprint density at radius 1 is 1.17 bits per heavy atom. The molecule has 1 aromatic heterocycles. The molecule has 0 bridgehead atoms. The lowest BCUT2D eigenvalue weighted by molar-refractivity contribution is -0.384. The van der Waals surface area contributed by atoms with E-state index in [9.17, 15) is 10.1 Å². The summed E-state index contributed by atoms with van der Waals surface area (Å²) in [5.41, 5.74) is 5.46. The number of hydrazone groups is 1. The fourth-order valence-electron chi connectivity index (χ4n) is 2.02. The predicted octanol–water partition coefficient (Wildman–Crippen LogP) is 4.04. The highest BCUT2D eigenvalue weighted by Gasteiger charge is 2.14. The normalized spacial score (nSPS) is 11.7. The molecule has 2 aromatic rings. The highest BCUT2D eigenvalue weighted by atomic mass is 16.6. The maximum atomic E-state index is 11.0. The van der Waals surface area contributed by atoms with Crippen LogP contribution in [0.5, 0.6) is 0 Å². The number of aromatic nitrogens is 1. The summed E-state index contributed by atoms with van der Waals surface area (Å²) in [7, 11) is 0. The molecule has 6 nitrogen and oxygen atoms in total. The highest BCUT2D eigenvalue weighted by molar-refractivity contribution is 5.80. The van der Waals surface area contributed by atoms with Crippen LogP contribution in [0.1, 0.15) is 37.6 Å². The van der Waals surface area contributed by atoms with Gasteiger partial charge in [-0.05, 0) is 29.5 Å². The van der Waals surface area contributed by atoms with Gasteiger partial charge in [0, 0.05) is 11.8 Å². The number of rotatable bonds is 4. The van der Waals surface area contributed by atoms with Crippen molar-refractivity contribution in [2.75, 3.05) is 5.43 Å². The van der Waals surface area contributed by atoms with Crippen LogP contribution in [-0.2, 0) is 5.41 Å². The largest absolute Gasteiger partial charge is 0.313 e. The van der Waals surface area contributed by atoms with Crippen LogP contribution in [0, 0.1) is 17.0 Å². The summed E-state index contributed by atoms with van der Waals surface area (Å²) in [5.74, 6) is 0.137. The molecule has 1 aromatic carbocycles. The summed E-state index contributed by atoms with van der Waals surface area (Å²) in [5, 5.41) is 15.0. The van der Waals surface area contributed by atoms with Gasteiger partial charge in [-0.25, -0.2) is 4.98 Å². The number of anilines is 1. The van der Waals surface area contributed by atoms with Gasteiger partial charge in [0.25, 0.3) is 0 Å². The zero-order chi connectivity index (χ0) is 17.0. The summed E-state index contributed by atoms with van der Waals surface area (Å²) in [6, 6.07) is 11.0. The molecule has 0 aliphatic rings. The molecule has 120 valence electrons. The Hall–Kier alpha value is -2.76. The minimum Gasteiger partial charge on any atom is -0.258 e. The van der Waals surface area contributed by atoms with E-state index in [4.69, 9.17) is 0 Å². The van der Waals surface area contributed by atoms with Crippen LogP contribution >= 0.6 is 0 Å². The van der Waals surface area contributed by atoms with Gasteiger partial charge >= 0.3 is 5.69 Å². The molecular weight excluding hydrogens is 292 g/mol. The van der Waals surface area contributed by atoms with E-state index >= 15 is 0 Å². The van der Waals surface area contributed by atoms with Crippen LogP contribution in [-0.4, -0.2) is 16.1 Å². The van der Waals surface area contributed by atoms with Gasteiger partial charge in [-0.2, -0.15) is 5.10 Å². The topological polar surface area (TPSA) is 80.4 Å². The van der Waals surface area contributed by atoms with Gasteiger partial charge in [0.2, 0.25) is 5.82 Å². The van der Waals surface area contributed by atoms with Crippen LogP contribution < -0.4 is 5.43 Å². The van der Waals surface area contributed by atoms with E-state index in [0.29, 0.717) is 5.69 Å². The van der Waals surface area contributed by atoms with E-state index in [1.807, 2.05) is 12.1 Å². The monoisotopic (exact) mass is 312 g/mol. The number of nitrogens with zero attached hydrogens (tertiary/aromatic N) is 3. The molecule has 0 aliphatic heterocycles. The van der Waals surface area contributed by atoms with Crippen molar-refractivity contribution in [3.8, 4) is 0 Å². The van der Waals surface area contributed by atoms with Crippen molar-refractivity contribution in [3.05, 3.63) is 63.3 Å². The first-order valence-corrected chi connectivity index (χ1v) is 7.29. The lowest BCUT2D eigenvalue weighted by Gasteiger charge is -2.18. The minimum atomic E-state index is -0.484. The van der Waals surface area contributed by atoms with Gasteiger partial charge in [0.1, 0.15) is 0 Å². The molecule has 6 heteroatoms. The predicted molar refractivity (Wildman–Crippen MR) is 92.0 cm³/mol. The molecule has 0 saturated carbocycles. The molecule has 0 radical (unpaired) electrons. The van der Waals surface area contributed by atoms with Gasteiger partial charge in [0.15, 0.2) is 0 Å². The molecule has 0 atom stereocenters. The Balaban J connectivity index is 2.13. The number of aryl methyl sites for hydroxylation is 1. The molecular formula is C17H20N4O2. The van der Waals surface area contributed by atoms with Gasteiger partial charge < -0.3 is 0 Å². The number of pyridine rings is 1. The number of nitro groups is 1. The van der Waals surface area contributed by atoms with Crippen molar-refractivity contribution in [3.63, 3.8) is 0 Å². The Kier molecular flexibility index (Phi) is 4.74. The van der Waals surface area contributed by atoms with Crippen molar-refractivity contribution in [2.45, 2.75) is 33.1 Å². The van der Waals surface area contributed by atoms with E-state index in [-0.39, 0.29) is 16.9 Å². The number of nitrogens with one attached hydrogen (secondary N) is 1. The molecule has 0 unspecified atom stereocenters. The molecule has 0 saturated heterocycles. The molecule has 2 rings (SSSR count). The maximum absolute atomic E-state index is 11.0. The van der Waals surface area contributed by atoms with E-state index < -0.39 is 4.92 Å². The quantitative estimate of drug-likeness (QED) is 0.525. The van der Waals surface area contributed by atoms with Crippen LogP contribution in [0.25, 0.3) is 0 Å². The van der Waals surface area contributed by atoms with E-state index in [2.05, 4.69) is 48.4 Å². The third kappa shape index (κ3) is 4.35. The Morgan fingerprint density at radius 3 is 2.39 bits per heavy atom. The second kappa shape index (κ2) is 6.56.